The van der Waals surface area contributed by atoms with Gasteiger partial charge in [0.25, 0.3) is 0 Å². The summed E-state index contributed by atoms with van der Waals surface area (Å²) in [6.45, 7) is 10.1. The average molecular weight is 295 g/mol. The summed E-state index contributed by atoms with van der Waals surface area (Å²) in [6.07, 6.45) is 0. The van der Waals surface area contributed by atoms with E-state index < -0.39 is 0 Å². The van der Waals surface area contributed by atoms with E-state index in [2.05, 4.69) is 55.6 Å². The number of carbonyl (C=O) groups excluding carboxylic acids is 1. The molecular formula is C20H25NO. The Bertz CT molecular complexity index is 648. The van der Waals surface area contributed by atoms with Gasteiger partial charge in [0.1, 0.15) is 0 Å². The quantitative estimate of drug-likeness (QED) is 0.800. The normalized spacial score (nSPS) is 11.5. The molecule has 0 saturated heterocycles. The first-order chi connectivity index (χ1) is 10.3. The van der Waals surface area contributed by atoms with Gasteiger partial charge in [-0.05, 0) is 34.7 Å². The number of benzene rings is 2. The van der Waals surface area contributed by atoms with Crippen LogP contribution in [0.4, 0.5) is 5.69 Å². The number of carbonyl (C=O) groups is 1. The second-order valence-corrected chi connectivity index (χ2v) is 7.06. The highest BCUT2D eigenvalue weighted by Crippen LogP contribution is 2.26. The van der Waals surface area contributed by atoms with Gasteiger partial charge < -0.3 is 5.32 Å². The SMILES string of the molecule is CC(C)c1cccc(-c2ccc(NC(=O)C(C)(C)C)cc2)c1. The molecule has 0 heterocycles. The van der Waals surface area contributed by atoms with Crippen LogP contribution in [-0.4, -0.2) is 5.91 Å². The lowest BCUT2D eigenvalue weighted by Gasteiger charge is -2.17. The molecule has 0 atom stereocenters. The van der Waals surface area contributed by atoms with Gasteiger partial charge in [0.15, 0.2) is 0 Å². The first-order valence-corrected chi connectivity index (χ1v) is 7.79. The fourth-order valence-electron chi connectivity index (χ4n) is 2.14. The number of rotatable bonds is 3. The van der Waals surface area contributed by atoms with Gasteiger partial charge in [-0.2, -0.15) is 0 Å². The Kier molecular flexibility index (Phi) is 4.70. The van der Waals surface area contributed by atoms with E-state index in [4.69, 9.17) is 0 Å². The zero-order chi connectivity index (χ0) is 16.3. The standard InChI is InChI=1S/C20H25NO/c1-14(2)16-7-6-8-17(13-16)15-9-11-18(12-10-15)21-19(22)20(3,4)5/h6-14H,1-5H3,(H,21,22). The van der Waals surface area contributed by atoms with Crippen molar-refractivity contribution >= 4 is 11.6 Å². The molecule has 0 aliphatic carbocycles. The third-order valence-corrected chi connectivity index (χ3v) is 3.71. The Morgan fingerprint density at radius 1 is 0.955 bits per heavy atom. The molecule has 0 fully saturated rings. The van der Waals surface area contributed by atoms with Crippen LogP contribution in [0.5, 0.6) is 0 Å². The molecule has 2 aromatic rings. The Morgan fingerprint density at radius 3 is 2.14 bits per heavy atom. The maximum absolute atomic E-state index is 12.0. The highest BCUT2D eigenvalue weighted by Gasteiger charge is 2.20. The van der Waals surface area contributed by atoms with Crippen molar-refractivity contribution in [1.29, 1.82) is 0 Å². The fourth-order valence-corrected chi connectivity index (χ4v) is 2.14. The first kappa shape index (κ1) is 16.3. The van der Waals surface area contributed by atoms with Crippen LogP contribution in [0.2, 0.25) is 0 Å². The molecular weight excluding hydrogens is 270 g/mol. The Balaban J connectivity index is 2.19. The van der Waals surface area contributed by atoms with E-state index in [1.807, 2.05) is 32.9 Å². The summed E-state index contributed by atoms with van der Waals surface area (Å²) in [4.78, 5) is 12.0. The molecule has 2 aromatic carbocycles. The molecule has 0 aliphatic heterocycles. The minimum absolute atomic E-state index is 0.0297. The molecule has 1 N–H and O–H groups in total. The number of nitrogens with one attached hydrogen (secondary N) is 1. The predicted molar refractivity (Wildman–Crippen MR) is 94.1 cm³/mol. The molecule has 2 rings (SSSR count). The van der Waals surface area contributed by atoms with Crippen molar-refractivity contribution in [2.45, 2.75) is 40.5 Å². The topological polar surface area (TPSA) is 29.1 Å². The zero-order valence-electron chi connectivity index (χ0n) is 14.1. The van der Waals surface area contributed by atoms with E-state index >= 15 is 0 Å². The summed E-state index contributed by atoms with van der Waals surface area (Å²) in [5, 5.41) is 2.95. The van der Waals surface area contributed by atoms with Crippen LogP contribution in [0.15, 0.2) is 48.5 Å². The third kappa shape index (κ3) is 3.97. The molecule has 1 amide bonds. The Labute approximate surface area is 133 Å². The monoisotopic (exact) mass is 295 g/mol. The van der Waals surface area contributed by atoms with Gasteiger partial charge in [0.05, 0.1) is 0 Å². The molecule has 0 saturated carbocycles. The molecule has 22 heavy (non-hydrogen) atoms. The highest BCUT2D eigenvalue weighted by atomic mass is 16.2. The van der Waals surface area contributed by atoms with Gasteiger partial charge in [-0.25, -0.2) is 0 Å². The van der Waals surface area contributed by atoms with E-state index in [0.29, 0.717) is 5.92 Å². The van der Waals surface area contributed by atoms with Crippen molar-refractivity contribution in [3.8, 4) is 11.1 Å². The van der Waals surface area contributed by atoms with Crippen LogP contribution in [-0.2, 0) is 4.79 Å². The van der Waals surface area contributed by atoms with Crippen molar-refractivity contribution in [2.24, 2.45) is 5.41 Å². The van der Waals surface area contributed by atoms with E-state index in [1.54, 1.807) is 0 Å². The smallest absolute Gasteiger partial charge is 0.229 e. The first-order valence-electron chi connectivity index (χ1n) is 7.79. The average Bonchev–Trinajstić information content (AvgIpc) is 2.47. The second kappa shape index (κ2) is 6.35. The Morgan fingerprint density at radius 2 is 1.59 bits per heavy atom. The van der Waals surface area contributed by atoms with E-state index in [1.165, 1.54) is 11.1 Å². The minimum Gasteiger partial charge on any atom is -0.326 e. The summed E-state index contributed by atoms with van der Waals surface area (Å²) in [5.74, 6) is 0.548. The summed E-state index contributed by atoms with van der Waals surface area (Å²) in [5.41, 5.74) is 4.16. The molecule has 0 aliphatic rings. The lowest BCUT2D eigenvalue weighted by atomic mass is 9.95. The maximum atomic E-state index is 12.0. The van der Waals surface area contributed by atoms with Crippen molar-refractivity contribution in [2.75, 3.05) is 5.32 Å². The van der Waals surface area contributed by atoms with Crippen LogP contribution >= 0.6 is 0 Å². The fraction of sp³-hybridized carbons (Fsp3) is 0.350. The molecule has 0 bridgehead atoms. The molecule has 116 valence electrons. The number of amides is 1. The summed E-state index contributed by atoms with van der Waals surface area (Å²) >= 11 is 0. The van der Waals surface area contributed by atoms with Crippen LogP contribution in [0.25, 0.3) is 11.1 Å². The van der Waals surface area contributed by atoms with Gasteiger partial charge in [-0.1, -0.05) is 71.0 Å². The number of hydrogen-bond acceptors (Lipinski definition) is 1. The highest BCUT2D eigenvalue weighted by molar-refractivity contribution is 5.94. The van der Waals surface area contributed by atoms with Gasteiger partial charge in [0, 0.05) is 11.1 Å². The van der Waals surface area contributed by atoms with E-state index in [9.17, 15) is 4.79 Å². The van der Waals surface area contributed by atoms with Crippen molar-refractivity contribution < 1.29 is 4.79 Å². The third-order valence-electron chi connectivity index (χ3n) is 3.71. The number of anilines is 1. The predicted octanol–water partition coefficient (Wildman–Crippen LogP) is 5.46. The van der Waals surface area contributed by atoms with Crippen LogP contribution in [0.1, 0.15) is 46.1 Å². The lowest BCUT2D eigenvalue weighted by Crippen LogP contribution is -2.27. The van der Waals surface area contributed by atoms with Crippen LogP contribution in [0, 0.1) is 5.41 Å². The molecule has 0 unspecified atom stereocenters. The maximum Gasteiger partial charge on any atom is 0.229 e. The zero-order valence-corrected chi connectivity index (χ0v) is 14.1. The van der Waals surface area contributed by atoms with E-state index in [0.717, 1.165) is 11.3 Å². The lowest BCUT2D eigenvalue weighted by molar-refractivity contribution is -0.123. The summed E-state index contributed by atoms with van der Waals surface area (Å²) < 4.78 is 0. The second-order valence-electron chi connectivity index (χ2n) is 7.06. The molecule has 0 radical (unpaired) electrons. The Hall–Kier alpha value is -2.09. The van der Waals surface area contributed by atoms with Crippen molar-refractivity contribution in [3.05, 3.63) is 54.1 Å². The van der Waals surface area contributed by atoms with Gasteiger partial charge >= 0.3 is 0 Å². The van der Waals surface area contributed by atoms with Gasteiger partial charge in [-0.15, -0.1) is 0 Å². The molecule has 2 nitrogen and oxygen atoms in total. The minimum atomic E-state index is -0.385. The molecule has 2 heteroatoms. The summed E-state index contributed by atoms with van der Waals surface area (Å²) in [7, 11) is 0. The number of hydrogen-bond donors (Lipinski definition) is 1. The van der Waals surface area contributed by atoms with Gasteiger partial charge in [-0.3, -0.25) is 4.79 Å². The van der Waals surface area contributed by atoms with Crippen molar-refractivity contribution in [1.82, 2.24) is 0 Å². The summed E-state index contributed by atoms with van der Waals surface area (Å²) in [6, 6.07) is 16.6. The largest absolute Gasteiger partial charge is 0.326 e. The van der Waals surface area contributed by atoms with Gasteiger partial charge in [0.2, 0.25) is 5.91 Å². The molecule has 0 spiro atoms. The van der Waals surface area contributed by atoms with Crippen LogP contribution < -0.4 is 5.32 Å². The van der Waals surface area contributed by atoms with Crippen molar-refractivity contribution in [3.63, 3.8) is 0 Å². The molecule has 0 aromatic heterocycles. The van der Waals surface area contributed by atoms with E-state index in [-0.39, 0.29) is 11.3 Å². The van der Waals surface area contributed by atoms with Crippen LogP contribution in [0.3, 0.4) is 0 Å².